The smallest absolute Gasteiger partial charge is 0.243 e. The number of carbonyl (C=O) groups is 1. The third-order valence-corrected chi connectivity index (χ3v) is 7.75. The van der Waals surface area contributed by atoms with E-state index in [9.17, 15) is 13.2 Å². The molecule has 0 radical (unpaired) electrons. The predicted molar refractivity (Wildman–Crippen MR) is 108 cm³/mol. The van der Waals surface area contributed by atoms with Gasteiger partial charge in [0.1, 0.15) is 13.2 Å². The summed E-state index contributed by atoms with van der Waals surface area (Å²) in [5.74, 6) is 1.75. The van der Waals surface area contributed by atoms with Crippen LogP contribution in [0.5, 0.6) is 11.5 Å². The highest BCUT2D eigenvalue weighted by atomic mass is 32.2. The molecule has 0 aromatic heterocycles. The van der Waals surface area contributed by atoms with Crippen molar-refractivity contribution in [1.29, 1.82) is 0 Å². The van der Waals surface area contributed by atoms with Gasteiger partial charge in [-0.1, -0.05) is 6.92 Å². The predicted octanol–water partition coefficient (Wildman–Crippen LogP) is 1.02. The summed E-state index contributed by atoms with van der Waals surface area (Å²) < 4.78 is 38.5. The highest BCUT2D eigenvalue weighted by molar-refractivity contribution is 7.89. The van der Waals surface area contributed by atoms with Crippen LogP contribution in [0.25, 0.3) is 0 Å². The lowest BCUT2D eigenvalue weighted by Crippen LogP contribution is -2.52. The zero-order chi connectivity index (χ0) is 20.4. The maximum Gasteiger partial charge on any atom is 0.243 e. The Hall–Kier alpha value is -1.84. The first-order valence-electron chi connectivity index (χ1n) is 10.3. The van der Waals surface area contributed by atoms with Crippen LogP contribution in [0.2, 0.25) is 0 Å². The first kappa shape index (κ1) is 20.4. The maximum atomic E-state index is 13.0. The van der Waals surface area contributed by atoms with E-state index in [2.05, 4.69) is 11.8 Å². The summed E-state index contributed by atoms with van der Waals surface area (Å²) >= 11 is 0. The standard InChI is InChI=1S/C20H29N3O5S/c1-16-3-2-6-22(14-16)20(24)15-21-7-9-23(10-8-21)29(25,26)17-4-5-18-19(13-17)28-12-11-27-18/h4-5,13,16H,2-3,6-12,14-15H2,1H3/t16-/m1/s1. The Bertz CT molecular complexity index is 852. The van der Waals surface area contributed by atoms with E-state index in [1.807, 2.05) is 4.90 Å². The van der Waals surface area contributed by atoms with E-state index >= 15 is 0 Å². The molecule has 0 bridgehead atoms. The number of rotatable bonds is 4. The third kappa shape index (κ3) is 4.51. The number of piperazine rings is 1. The molecule has 0 saturated carbocycles. The molecule has 1 aromatic rings. The van der Waals surface area contributed by atoms with E-state index in [4.69, 9.17) is 9.47 Å². The minimum Gasteiger partial charge on any atom is -0.486 e. The Balaban J connectivity index is 1.34. The van der Waals surface area contributed by atoms with Crippen molar-refractivity contribution in [1.82, 2.24) is 14.1 Å². The van der Waals surface area contributed by atoms with Crippen LogP contribution < -0.4 is 9.47 Å². The average molecular weight is 424 g/mol. The topological polar surface area (TPSA) is 79.4 Å². The molecular formula is C20H29N3O5S. The molecular weight excluding hydrogens is 394 g/mol. The van der Waals surface area contributed by atoms with Gasteiger partial charge in [0.15, 0.2) is 11.5 Å². The molecule has 2 fully saturated rings. The molecule has 4 rings (SSSR count). The number of piperidine rings is 1. The van der Waals surface area contributed by atoms with Crippen molar-refractivity contribution in [3.05, 3.63) is 18.2 Å². The largest absolute Gasteiger partial charge is 0.486 e. The second-order valence-electron chi connectivity index (χ2n) is 8.07. The molecule has 160 valence electrons. The van der Waals surface area contributed by atoms with Crippen LogP contribution in [-0.2, 0) is 14.8 Å². The van der Waals surface area contributed by atoms with Gasteiger partial charge in [0, 0.05) is 45.3 Å². The lowest BCUT2D eigenvalue weighted by molar-refractivity contribution is -0.134. The van der Waals surface area contributed by atoms with Gasteiger partial charge in [-0.05, 0) is 30.9 Å². The SMILES string of the molecule is C[C@@H]1CCCN(C(=O)CN2CCN(S(=O)(=O)c3ccc4c(c3)OCCO4)CC2)C1. The van der Waals surface area contributed by atoms with Gasteiger partial charge in [-0.3, -0.25) is 9.69 Å². The number of ether oxygens (including phenoxy) is 2. The number of hydrogen-bond donors (Lipinski definition) is 0. The number of hydrogen-bond acceptors (Lipinski definition) is 6. The van der Waals surface area contributed by atoms with Crippen molar-refractivity contribution >= 4 is 15.9 Å². The zero-order valence-corrected chi connectivity index (χ0v) is 17.7. The normalized spacial score (nSPS) is 23.8. The Morgan fingerprint density at radius 2 is 1.79 bits per heavy atom. The lowest BCUT2D eigenvalue weighted by Gasteiger charge is -2.36. The van der Waals surface area contributed by atoms with Crippen molar-refractivity contribution in [3.63, 3.8) is 0 Å². The number of likely N-dealkylation sites (tertiary alicyclic amines) is 1. The quantitative estimate of drug-likeness (QED) is 0.720. The van der Waals surface area contributed by atoms with E-state index in [0.717, 1.165) is 19.5 Å². The molecule has 3 aliphatic rings. The lowest BCUT2D eigenvalue weighted by atomic mass is 10.0. The monoisotopic (exact) mass is 423 g/mol. The Kier molecular flexibility index (Phi) is 5.98. The van der Waals surface area contributed by atoms with Crippen molar-refractivity contribution in [2.45, 2.75) is 24.7 Å². The van der Waals surface area contributed by atoms with E-state index in [-0.39, 0.29) is 10.8 Å². The minimum atomic E-state index is -3.60. The fraction of sp³-hybridized carbons (Fsp3) is 0.650. The Morgan fingerprint density at radius 3 is 2.52 bits per heavy atom. The number of sulfonamides is 1. The second kappa shape index (κ2) is 8.49. The van der Waals surface area contributed by atoms with E-state index in [1.54, 1.807) is 12.1 Å². The van der Waals surface area contributed by atoms with Gasteiger partial charge >= 0.3 is 0 Å². The van der Waals surface area contributed by atoms with Crippen molar-refractivity contribution in [2.24, 2.45) is 5.92 Å². The maximum absolute atomic E-state index is 13.0. The van der Waals surface area contributed by atoms with Crippen molar-refractivity contribution in [3.8, 4) is 11.5 Å². The fourth-order valence-electron chi connectivity index (χ4n) is 4.17. The van der Waals surface area contributed by atoms with E-state index in [1.165, 1.54) is 16.8 Å². The molecule has 0 aliphatic carbocycles. The summed E-state index contributed by atoms with van der Waals surface area (Å²) in [5, 5.41) is 0. The van der Waals surface area contributed by atoms with Crippen LogP contribution in [0, 0.1) is 5.92 Å². The number of nitrogens with zero attached hydrogens (tertiary/aromatic N) is 3. The molecule has 29 heavy (non-hydrogen) atoms. The minimum absolute atomic E-state index is 0.152. The summed E-state index contributed by atoms with van der Waals surface area (Å²) in [5.41, 5.74) is 0. The molecule has 0 spiro atoms. The van der Waals surface area contributed by atoms with Crippen LogP contribution in [0.1, 0.15) is 19.8 Å². The highest BCUT2D eigenvalue weighted by Gasteiger charge is 2.31. The van der Waals surface area contributed by atoms with Crippen molar-refractivity contribution < 1.29 is 22.7 Å². The van der Waals surface area contributed by atoms with Gasteiger partial charge in [0.25, 0.3) is 0 Å². The number of fused-ring (bicyclic) bond motifs is 1. The van der Waals surface area contributed by atoms with E-state index in [0.29, 0.717) is 63.4 Å². The van der Waals surface area contributed by atoms with Crippen LogP contribution in [0.15, 0.2) is 23.1 Å². The molecule has 1 amide bonds. The summed E-state index contributed by atoms with van der Waals surface area (Å²) in [6, 6.07) is 4.75. The van der Waals surface area contributed by atoms with Crippen LogP contribution in [0.3, 0.4) is 0 Å². The van der Waals surface area contributed by atoms with Gasteiger partial charge in [-0.25, -0.2) is 8.42 Å². The molecule has 2 saturated heterocycles. The second-order valence-corrected chi connectivity index (χ2v) is 10.0. The van der Waals surface area contributed by atoms with Gasteiger partial charge in [0.05, 0.1) is 11.4 Å². The summed E-state index contributed by atoms with van der Waals surface area (Å²) in [7, 11) is -3.60. The van der Waals surface area contributed by atoms with E-state index < -0.39 is 10.0 Å². The average Bonchev–Trinajstić information content (AvgIpc) is 2.74. The molecule has 3 heterocycles. The van der Waals surface area contributed by atoms with Gasteiger partial charge < -0.3 is 14.4 Å². The molecule has 0 N–H and O–H groups in total. The fourth-order valence-corrected chi connectivity index (χ4v) is 5.61. The van der Waals surface area contributed by atoms with Gasteiger partial charge in [-0.2, -0.15) is 4.31 Å². The molecule has 1 aromatic carbocycles. The zero-order valence-electron chi connectivity index (χ0n) is 16.9. The van der Waals surface area contributed by atoms with Crippen LogP contribution >= 0.6 is 0 Å². The van der Waals surface area contributed by atoms with Crippen LogP contribution in [-0.4, -0.2) is 87.5 Å². The summed E-state index contributed by atoms with van der Waals surface area (Å²) in [6.07, 6.45) is 2.24. The number of amides is 1. The summed E-state index contributed by atoms with van der Waals surface area (Å²) in [6.45, 7) is 6.96. The molecule has 8 nitrogen and oxygen atoms in total. The van der Waals surface area contributed by atoms with Gasteiger partial charge in [0.2, 0.25) is 15.9 Å². The molecule has 3 aliphatic heterocycles. The third-order valence-electron chi connectivity index (χ3n) is 5.85. The molecule has 1 atom stereocenters. The number of benzene rings is 1. The molecule has 9 heteroatoms. The Labute approximate surface area is 172 Å². The van der Waals surface area contributed by atoms with Crippen molar-refractivity contribution in [2.75, 3.05) is 59.0 Å². The van der Waals surface area contributed by atoms with Crippen LogP contribution in [0.4, 0.5) is 0 Å². The Morgan fingerprint density at radius 1 is 1.07 bits per heavy atom. The number of carbonyl (C=O) groups excluding carboxylic acids is 1. The van der Waals surface area contributed by atoms with Gasteiger partial charge in [-0.15, -0.1) is 0 Å². The first-order valence-corrected chi connectivity index (χ1v) is 11.8. The first-order chi connectivity index (χ1) is 13.9. The highest BCUT2D eigenvalue weighted by Crippen LogP contribution is 2.33. The summed E-state index contributed by atoms with van der Waals surface area (Å²) in [4.78, 5) is 16.8. The molecule has 0 unspecified atom stereocenters.